The van der Waals surface area contributed by atoms with Gasteiger partial charge in [0.25, 0.3) is 0 Å². The Balaban J connectivity index is 1.94. The van der Waals surface area contributed by atoms with Crippen LogP contribution >= 0.6 is 0 Å². The standard InChI is InChI=1S/C12H18N2/c1-2-10-7-11(9-14-8-10)3-4-12(13)5-6-12/h7-9H,2-6,13H2,1H3. The zero-order valence-electron chi connectivity index (χ0n) is 8.79. The summed E-state index contributed by atoms with van der Waals surface area (Å²) in [6.45, 7) is 2.16. The minimum Gasteiger partial charge on any atom is -0.325 e. The molecule has 1 aromatic rings. The van der Waals surface area contributed by atoms with E-state index in [9.17, 15) is 0 Å². The van der Waals surface area contributed by atoms with Crippen molar-refractivity contribution in [3.8, 4) is 0 Å². The molecule has 0 aliphatic heterocycles. The first-order valence-electron chi connectivity index (χ1n) is 5.43. The smallest absolute Gasteiger partial charge is 0.0300 e. The Morgan fingerprint density at radius 1 is 1.36 bits per heavy atom. The van der Waals surface area contributed by atoms with Gasteiger partial charge in [-0.25, -0.2) is 0 Å². The van der Waals surface area contributed by atoms with Crippen LogP contribution in [0.2, 0.25) is 0 Å². The van der Waals surface area contributed by atoms with Gasteiger partial charge < -0.3 is 5.73 Å². The zero-order chi connectivity index (χ0) is 10.0. The van der Waals surface area contributed by atoms with Gasteiger partial charge in [-0.1, -0.05) is 13.0 Å². The van der Waals surface area contributed by atoms with Gasteiger partial charge in [0.1, 0.15) is 0 Å². The van der Waals surface area contributed by atoms with Gasteiger partial charge in [0, 0.05) is 17.9 Å². The van der Waals surface area contributed by atoms with Crippen LogP contribution in [-0.4, -0.2) is 10.5 Å². The maximum atomic E-state index is 6.04. The van der Waals surface area contributed by atoms with Gasteiger partial charge in [0.05, 0.1) is 0 Å². The third-order valence-electron chi connectivity index (χ3n) is 3.06. The van der Waals surface area contributed by atoms with Crippen LogP contribution in [0.4, 0.5) is 0 Å². The largest absolute Gasteiger partial charge is 0.325 e. The molecule has 2 nitrogen and oxygen atoms in total. The highest BCUT2D eigenvalue weighted by molar-refractivity contribution is 5.19. The molecule has 0 unspecified atom stereocenters. The van der Waals surface area contributed by atoms with E-state index in [4.69, 9.17) is 5.73 Å². The number of rotatable bonds is 4. The van der Waals surface area contributed by atoms with E-state index in [-0.39, 0.29) is 5.54 Å². The summed E-state index contributed by atoms with van der Waals surface area (Å²) in [7, 11) is 0. The highest BCUT2D eigenvalue weighted by atomic mass is 14.8. The van der Waals surface area contributed by atoms with E-state index in [0.29, 0.717) is 0 Å². The average molecular weight is 190 g/mol. The first-order valence-corrected chi connectivity index (χ1v) is 5.43. The first kappa shape index (κ1) is 9.66. The van der Waals surface area contributed by atoms with Crippen molar-refractivity contribution in [3.05, 3.63) is 29.6 Å². The third kappa shape index (κ3) is 2.32. The first-order chi connectivity index (χ1) is 6.72. The van der Waals surface area contributed by atoms with Crippen molar-refractivity contribution in [2.45, 2.75) is 44.6 Å². The van der Waals surface area contributed by atoms with Crippen LogP contribution in [-0.2, 0) is 12.8 Å². The molecule has 1 fully saturated rings. The summed E-state index contributed by atoms with van der Waals surface area (Å²) >= 11 is 0. The van der Waals surface area contributed by atoms with Crippen LogP contribution in [0.1, 0.15) is 37.3 Å². The topological polar surface area (TPSA) is 38.9 Å². The minimum atomic E-state index is 0.169. The van der Waals surface area contributed by atoms with Crippen molar-refractivity contribution in [2.24, 2.45) is 5.73 Å². The Morgan fingerprint density at radius 2 is 2.07 bits per heavy atom. The molecule has 0 radical (unpaired) electrons. The summed E-state index contributed by atoms with van der Waals surface area (Å²) < 4.78 is 0. The van der Waals surface area contributed by atoms with Crippen molar-refractivity contribution < 1.29 is 0 Å². The number of aryl methyl sites for hydroxylation is 2. The van der Waals surface area contributed by atoms with E-state index < -0.39 is 0 Å². The SMILES string of the molecule is CCc1cncc(CCC2(N)CC2)c1. The van der Waals surface area contributed by atoms with E-state index >= 15 is 0 Å². The fraction of sp³-hybridized carbons (Fsp3) is 0.583. The minimum absolute atomic E-state index is 0.169. The van der Waals surface area contributed by atoms with Crippen LogP contribution in [0.25, 0.3) is 0 Å². The Kier molecular flexibility index (Phi) is 2.55. The molecule has 0 atom stereocenters. The van der Waals surface area contributed by atoms with Gasteiger partial charge in [0.15, 0.2) is 0 Å². The molecular formula is C12H18N2. The summed E-state index contributed by atoms with van der Waals surface area (Å²) in [6, 6.07) is 2.25. The second-order valence-electron chi connectivity index (χ2n) is 4.42. The summed E-state index contributed by atoms with van der Waals surface area (Å²) in [5, 5.41) is 0. The Morgan fingerprint density at radius 3 is 2.71 bits per heavy atom. The van der Waals surface area contributed by atoms with Gasteiger partial charge in [-0.15, -0.1) is 0 Å². The van der Waals surface area contributed by atoms with Gasteiger partial charge in [-0.3, -0.25) is 4.98 Å². The number of hydrogen-bond donors (Lipinski definition) is 1. The predicted octanol–water partition coefficient (Wildman–Crippen LogP) is 2.07. The molecule has 1 saturated carbocycles. The number of nitrogens with zero attached hydrogens (tertiary/aromatic N) is 1. The van der Waals surface area contributed by atoms with Crippen LogP contribution in [0.5, 0.6) is 0 Å². The summed E-state index contributed by atoms with van der Waals surface area (Å²) in [4.78, 5) is 4.24. The summed E-state index contributed by atoms with van der Waals surface area (Å²) in [6.07, 6.45) is 9.57. The van der Waals surface area contributed by atoms with Gasteiger partial charge in [0.2, 0.25) is 0 Å². The molecule has 0 amide bonds. The molecule has 1 aliphatic rings. The number of nitrogens with two attached hydrogens (primary N) is 1. The molecule has 1 aliphatic carbocycles. The molecule has 14 heavy (non-hydrogen) atoms. The molecule has 0 aromatic carbocycles. The van der Waals surface area contributed by atoms with Crippen molar-refractivity contribution in [3.63, 3.8) is 0 Å². The number of hydrogen-bond acceptors (Lipinski definition) is 2. The highest BCUT2D eigenvalue weighted by Crippen LogP contribution is 2.36. The van der Waals surface area contributed by atoms with E-state index in [2.05, 4.69) is 18.0 Å². The second kappa shape index (κ2) is 3.70. The molecule has 2 rings (SSSR count). The van der Waals surface area contributed by atoms with Crippen molar-refractivity contribution in [2.75, 3.05) is 0 Å². The third-order valence-corrected chi connectivity index (χ3v) is 3.06. The highest BCUT2D eigenvalue weighted by Gasteiger charge is 2.37. The van der Waals surface area contributed by atoms with Crippen LogP contribution in [0.15, 0.2) is 18.5 Å². The fourth-order valence-corrected chi connectivity index (χ4v) is 1.68. The zero-order valence-corrected chi connectivity index (χ0v) is 8.79. The van der Waals surface area contributed by atoms with Gasteiger partial charge in [-0.2, -0.15) is 0 Å². The molecule has 1 aromatic heterocycles. The lowest BCUT2D eigenvalue weighted by Crippen LogP contribution is -2.22. The molecule has 76 valence electrons. The maximum Gasteiger partial charge on any atom is 0.0300 e. The van der Waals surface area contributed by atoms with E-state index in [0.717, 1.165) is 19.3 Å². The Labute approximate surface area is 85.5 Å². The van der Waals surface area contributed by atoms with Crippen LogP contribution < -0.4 is 5.73 Å². The van der Waals surface area contributed by atoms with Gasteiger partial charge in [-0.05, 0) is 43.2 Å². The molecule has 2 heteroatoms. The molecule has 0 saturated heterocycles. The van der Waals surface area contributed by atoms with E-state index in [1.165, 1.54) is 24.0 Å². The van der Waals surface area contributed by atoms with Crippen molar-refractivity contribution >= 4 is 0 Å². The van der Waals surface area contributed by atoms with Crippen LogP contribution in [0, 0.1) is 0 Å². The summed E-state index contributed by atoms with van der Waals surface area (Å²) in [5.74, 6) is 0. The lowest BCUT2D eigenvalue weighted by atomic mass is 10.0. The van der Waals surface area contributed by atoms with Crippen molar-refractivity contribution in [1.82, 2.24) is 4.98 Å². The lowest BCUT2D eigenvalue weighted by molar-refractivity contribution is 0.608. The Hall–Kier alpha value is -0.890. The Bertz CT molecular complexity index is 316. The molecule has 1 heterocycles. The average Bonchev–Trinajstić information content (AvgIpc) is 2.95. The van der Waals surface area contributed by atoms with Crippen molar-refractivity contribution in [1.29, 1.82) is 0 Å². The molecule has 0 bridgehead atoms. The number of aromatic nitrogens is 1. The van der Waals surface area contributed by atoms with E-state index in [1.54, 1.807) is 0 Å². The lowest BCUT2D eigenvalue weighted by Gasteiger charge is -2.08. The predicted molar refractivity (Wildman–Crippen MR) is 58.1 cm³/mol. The fourth-order valence-electron chi connectivity index (χ4n) is 1.68. The quantitative estimate of drug-likeness (QED) is 0.789. The van der Waals surface area contributed by atoms with Gasteiger partial charge >= 0.3 is 0 Å². The van der Waals surface area contributed by atoms with Crippen LogP contribution in [0.3, 0.4) is 0 Å². The van der Waals surface area contributed by atoms with E-state index in [1.807, 2.05) is 12.4 Å². The monoisotopic (exact) mass is 190 g/mol. The second-order valence-corrected chi connectivity index (χ2v) is 4.42. The molecular weight excluding hydrogens is 172 g/mol. The molecule has 0 spiro atoms. The maximum absolute atomic E-state index is 6.04. The normalized spacial score (nSPS) is 18.1. The summed E-state index contributed by atoms with van der Waals surface area (Å²) in [5.41, 5.74) is 8.87. The number of pyridine rings is 1. The molecule has 2 N–H and O–H groups in total.